The molecule has 152 valence electrons. The van der Waals surface area contributed by atoms with Gasteiger partial charge in [-0.2, -0.15) is 0 Å². The normalized spacial score (nSPS) is 14.4. The van der Waals surface area contributed by atoms with Crippen LogP contribution in [0.5, 0.6) is 0 Å². The lowest BCUT2D eigenvalue weighted by molar-refractivity contribution is 0.101. The van der Waals surface area contributed by atoms with Gasteiger partial charge in [0.2, 0.25) is 5.82 Å². The van der Waals surface area contributed by atoms with E-state index >= 15 is 0 Å². The van der Waals surface area contributed by atoms with Gasteiger partial charge in [-0.05, 0) is 62.4 Å². The van der Waals surface area contributed by atoms with Crippen molar-refractivity contribution in [2.24, 2.45) is 0 Å². The minimum atomic E-state index is -0.311. The summed E-state index contributed by atoms with van der Waals surface area (Å²) in [4.78, 5) is 24.6. The van der Waals surface area contributed by atoms with E-state index in [-0.39, 0.29) is 11.7 Å². The van der Waals surface area contributed by atoms with Crippen molar-refractivity contribution in [3.63, 3.8) is 0 Å². The first-order valence-electron chi connectivity index (χ1n) is 10.4. The van der Waals surface area contributed by atoms with Crippen LogP contribution in [0.2, 0.25) is 0 Å². The Morgan fingerprint density at radius 2 is 1.80 bits per heavy atom. The van der Waals surface area contributed by atoms with Gasteiger partial charge in [-0.25, -0.2) is 9.97 Å². The van der Waals surface area contributed by atoms with Crippen molar-refractivity contribution in [3.05, 3.63) is 59.4 Å². The monoisotopic (exact) mass is 400 g/mol. The molecule has 3 heterocycles. The van der Waals surface area contributed by atoms with E-state index in [1.807, 2.05) is 56.3 Å². The van der Waals surface area contributed by atoms with Gasteiger partial charge in [0.15, 0.2) is 11.4 Å². The zero-order valence-electron chi connectivity index (χ0n) is 17.2. The maximum Gasteiger partial charge on any atom is 0.293 e. The Bertz CT molecular complexity index is 1260. The Hall–Kier alpha value is -3.41. The molecule has 2 aromatic carbocycles. The standard InChI is InChI=1S/C24H24N4O2/c1-15-9-8-11-18(16(15)2)25-24(29)22-26-20-17-10-4-5-12-19(17)30-21(20)23(27-22)28-13-6-3-7-14-28/h4-5,8-12H,3,6-7,13-14H2,1-2H3,(H,25,29). The summed E-state index contributed by atoms with van der Waals surface area (Å²) in [5, 5.41) is 3.89. The first-order chi connectivity index (χ1) is 14.6. The smallest absolute Gasteiger partial charge is 0.293 e. The fourth-order valence-corrected chi connectivity index (χ4v) is 4.06. The van der Waals surface area contributed by atoms with E-state index in [4.69, 9.17) is 4.42 Å². The van der Waals surface area contributed by atoms with Crippen LogP contribution < -0.4 is 10.2 Å². The molecule has 0 atom stereocenters. The average molecular weight is 400 g/mol. The molecule has 0 aliphatic carbocycles. The van der Waals surface area contributed by atoms with Crippen molar-refractivity contribution in [1.29, 1.82) is 0 Å². The van der Waals surface area contributed by atoms with Gasteiger partial charge in [0.05, 0.1) is 0 Å². The lowest BCUT2D eigenvalue weighted by atomic mass is 10.1. The number of rotatable bonds is 3. The Labute approximate surface area is 174 Å². The molecule has 0 spiro atoms. The topological polar surface area (TPSA) is 71.3 Å². The summed E-state index contributed by atoms with van der Waals surface area (Å²) in [7, 11) is 0. The summed E-state index contributed by atoms with van der Waals surface area (Å²) in [5.74, 6) is 0.562. The molecule has 0 radical (unpaired) electrons. The summed E-state index contributed by atoms with van der Waals surface area (Å²) in [6.45, 7) is 5.83. The number of aromatic nitrogens is 2. The number of benzene rings is 2. The van der Waals surface area contributed by atoms with Crippen LogP contribution in [0.25, 0.3) is 22.1 Å². The number of furan rings is 1. The number of carbonyl (C=O) groups excluding carboxylic acids is 1. The molecule has 0 unspecified atom stereocenters. The molecule has 1 N–H and O–H groups in total. The van der Waals surface area contributed by atoms with Crippen LogP contribution in [0.1, 0.15) is 41.0 Å². The minimum Gasteiger partial charge on any atom is -0.450 e. The van der Waals surface area contributed by atoms with Crippen LogP contribution in [0.15, 0.2) is 46.9 Å². The maximum absolute atomic E-state index is 13.1. The van der Waals surface area contributed by atoms with Gasteiger partial charge in [0, 0.05) is 24.2 Å². The highest BCUT2D eigenvalue weighted by Gasteiger charge is 2.24. The molecular formula is C24H24N4O2. The molecule has 0 bridgehead atoms. The Balaban J connectivity index is 1.63. The molecule has 6 heteroatoms. The first kappa shape index (κ1) is 18.6. The van der Waals surface area contributed by atoms with Gasteiger partial charge in [-0.15, -0.1) is 0 Å². The van der Waals surface area contributed by atoms with Gasteiger partial charge in [-0.3, -0.25) is 4.79 Å². The fourth-order valence-electron chi connectivity index (χ4n) is 4.06. The highest BCUT2D eigenvalue weighted by molar-refractivity contribution is 6.09. The summed E-state index contributed by atoms with van der Waals surface area (Å²) >= 11 is 0. The third kappa shape index (κ3) is 3.18. The number of nitrogens with one attached hydrogen (secondary N) is 1. The lowest BCUT2D eigenvalue weighted by Crippen LogP contribution is -2.31. The molecule has 2 aromatic heterocycles. The summed E-state index contributed by atoms with van der Waals surface area (Å²) in [6.07, 6.45) is 3.43. The number of carbonyl (C=O) groups is 1. The van der Waals surface area contributed by atoms with Crippen molar-refractivity contribution in [2.45, 2.75) is 33.1 Å². The third-order valence-corrected chi connectivity index (χ3v) is 5.91. The van der Waals surface area contributed by atoms with E-state index in [0.717, 1.165) is 53.7 Å². The van der Waals surface area contributed by atoms with E-state index in [1.54, 1.807) is 0 Å². The average Bonchev–Trinajstić information content (AvgIpc) is 3.15. The molecule has 0 saturated carbocycles. The third-order valence-electron chi connectivity index (χ3n) is 5.91. The van der Waals surface area contributed by atoms with Gasteiger partial charge in [-0.1, -0.05) is 24.3 Å². The SMILES string of the molecule is Cc1cccc(NC(=O)c2nc(N3CCCCC3)c3oc4ccccc4c3n2)c1C. The second-order valence-corrected chi connectivity index (χ2v) is 7.90. The fraction of sp³-hybridized carbons (Fsp3) is 0.292. The second kappa shape index (κ2) is 7.44. The maximum atomic E-state index is 13.1. The summed E-state index contributed by atoms with van der Waals surface area (Å²) in [6, 6.07) is 13.7. The molecule has 5 rings (SSSR count). The number of aryl methyl sites for hydroxylation is 1. The van der Waals surface area contributed by atoms with Crippen molar-refractivity contribution in [2.75, 3.05) is 23.3 Å². The predicted octanol–water partition coefficient (Wildman–Crippen LogP) is 5.24. The Kier molecular flexibility index (Phi) is 4.62. The zero-order valence-corrected chi connectivity index (χ0v) is 17.2. The molecule has 30 heavy (non-hydrogen) atoms. The highest BCUT2D eigenvalue weighted by Crippen LogP contribution is 2.34. The van der Waals surface area contributed by atoms with Crippen LogP contribution >= 0.6 is 0 Å². The van der Waals surface area contributed by atoms with E-state index in [9.17, 15) is 4.79 Å². The zero-order chi connectivity index (χ0) is 20.7. The number of nitrogens with zero attached hydrogens (tertiary/aromatic N) is 3. The predicted molar refractivity (Wildman–Crippen MR) is 119 cm³/mol. The van der Waals surface area contributed by atoms with Gasteiger partial charge >= 0.3 is 0 Å². The van der Waals surface area contributed by atoms with E-state index in [0.29, 0.717) is 16.9 Å². The number of hydrogen-bond acceptors (Lipinski definition) is 5. The van der Waals surface area contributed by atoms with E-state index in [1.165, 1.54) is 6.42 Å². The van der Waals surface area contributed by atoms with E-state index < -0.39 is 0 Å². The number of fused-ring (bicyclic) bond motifs is 3. The molecule has 1 aliphatic heterocycles. The highest BCUT2D eigenvalue weighted by atomic mass is 16.3. The van der Waals surface area contributed by atoms with Gasteiger partial charge in [0.1, 0.15) is 11.1 Å². The first-order valence-corrected chi connectivity index (χ1v) is 10.4. The molecule has 6 nitrogen and oxygen atoms in total. The molecule has 1 fully saturated rings. The molecule has 4 aromatic rings. The van der Waals surface area contributed by atoms with Crippen LogP contribution in [0, 0.1) is 13.8 Å². The molecule has 1 saturated heterocycles. The number of hydrogen-bond donors (Lipinski definition) is 1. The number of amides is 1. The second-order valence-electron chi connectivity index (χ2n) is 7.90. The van der Waals surface area contributed by atoms with Gasteiger partial charge in [0.25, 0.3) is 5.91 Å². The molecular weight excluding hydrogens is 376 g/mol. The van der Waals surface area contributed by atoms with Crippen LogP contribution in [0.3, 0.4) is 0 Å². The lowest BCUT2D eigenvalue weighted by Gasteiger charge is -2.27. The van der Waals surface area contributed by atoms with Crippen molar-refractivity contribution < 1.29 is 9.21 Å². The van der Waals surface area contributed by atoms with Crippen LogP contribution in [-0.2, 0) is 0 Å². The van der Waals surface area contributed by atoms with Gasteiger partial charge < -0.3 is 14.6 Å². The van der Waals surface area contributed by atoms with Crippen molar-refractivity contribution in [1.82, 2.24) is 9.97 Å². The van der Waals surface area contributed by atoms with Crippen LogP contribution in [0.4, 0.5) is 11.5 Å². The van der Waals surface area contributed by atoms with Crippen molar-refractivity contribution in [3.8, 4) is 0 Å². The molecule has 1 aliphatic rings. The number of piperidine rings is 1. The van der Waals surface area contributed by atoms with Crippen LogP contribution in [-0.4, -0.2) is 29.0 Å². The number of anilines is 2. The van der Waals surface area contributed by atoms with Crippen molar-refractivity contribution >= 4 is 39.5 Å². The Morgan fingerprint density at radius 3 is 2.63 bits per heavy atom. The van der Waals surface area contributed by atoms with E-state index in [2.05, 4.69) is 20.2 Å². The Morgan fingerprint density at radius 1 is 1.00 bits per heavy atom. The quantitative estimate of drug-likeness (QED) is 0.509. The summed E-state index contributed by atoms with van der Waals surface area (Å²) < 4.78 is 6.13. The largest absolute Gasteiger partial charge is 0.450 e. The summed E-state index contributed by atoms with van der Waals surface area (Å²) in [5.41, 5.74) is 5.04. The molecule has 1 amide bonds. The minimum absolute atomic E-state index is 0.163. The number of para-hydroxylation sites is 1.